The van der Waals surface area contributed by atoms with Gasteiger partial charge in [-0.3, -0.25) is 0 Å². The first-order valence-corrected chi connectivity index (χ1v) is 5.61. The summed E-state index contributed by atoms with van der Waals surface area (Å²) >= 11 is 0. The van der Waals surface area contributed by atoms with Crippen molar-refractivity contribution < 1.29 is 0 Å². The van der Waals surface area contributed by atoms with Gasteiger partial charge in [-0.15, -0.1) is 0 Å². The number of benzene rings is 1. The Morgan fingerprint density at radius 3 is 1.87 bits per heavy atom. The van der Waals surface area contributed by atoms with Crippen LogP contribution in [0.2, 0.25) is 0 Å². The van der Waals surface area contributed by atoms with Gasteiger partial charge in [-0.05, 0) is 29.5 Å². The van der Waals surface area contributed by atoms with Crippen LogP contribution in [0.25, 0.3) is 0 Å². The second-order valence-electron chi connectivity index (χ2n) is 4.56. The topological polar surface area (TPSA) is 52.0 Å². The lowest BCUT2D eigenvalue weighted by atomic mass is 9.93. The molecule has 0 bridgehead atoms. The highest BCUT2D eigenvalue weighted by atomic mass is 14.7. The molecule has 4 N–H and O–H groups in total. The van der Waals surface area contributed by atoms with Crippen LogP contribution >= 0.6 is 0 Å². The maximum atomic E-state index is 6.10. The van der Waals surface area contributed by atoms with E-state index < -0.39 is 0 Å². The van der Waals surface area contributed by atoms with E-state index >= 15 is 0 Å². The van der Waals surface area contributed by atoms with Gasteiger partial charge in [0.05, 0.1) is 0 Å². The third kappa shape index (κ3) is 3.05. The maximum Gasteiger partial charge on any atom is 0.0332 e. The van der Waals surface area contributed by atoms with Crippen molar-refractivity contribution in [1.82, 2.24) is 0 Å². The Bertz CT molecular complexity index is 290. The highest BCUT2D eigenvalue weighted by molar-refractivity contribution is 5.27. The third-order valence-electron chi connectivity index (χ3n) is 2.97. The van der Waals surface area contributed by atoms with Gasteiger partial charge < -0.3 is 11.5 Å². The van der Waals surface area contributed by atoms with Crippen molar-refractivity contribution in [3.63, 3.8) is 0 Å². The summed E-state index contributed by atoms with van der Waals surface area (Å²) in [5, 5.41) is 0. The summed E-state index contributed by atoms with van der Waals surface area (Å²) in [6, 6.07) is 8.60. The van der Waals surface area contributed by atoms with Crippen molar-refractivity contribution in [2.24, 2.45) is 17.4 Å². The quantitative estimate of drug-likeness (QED) is 0.794. The summed E-state index contributed by atoms with van der Waals surface area (Å²) in [5.41, 5.74) is 14.2. The Morgan fingerprint density at radius 1 is 1.00 bits per heavy atom. The van der Waals surface area contributed by atoms with Crippen molar-refractivity contribution in [2.75, 3.05) is 6.54 Å². The van der Waals surface area contributed by atoms with Crippen LogP contribution in [0.5, 0.6) is 0 Å². The van der Waals surface area contributed by atoms with Crippen LogP contribution in [-0.2, 0) is 0 Å². The van der Waals surface area contributed by atoms with E-state index in [2.05, 4.69) is 45.0 Å². The number of hydrogen-bond donors (Lipinski definition) is 2. The normalized spacial score (nSPS) is 15.3. The molecule has 0 spiro atoms. The summed E-state index contributed by atoms with van der Waals surface area (Å²) in [7, 11) is 0. The SMILES string of the molecule is CC(C)c1ccc(C(N)C(C)CN)cc1. The summed E-state index contributed by atoms with van der Waals surface area (Å²) in [6.45, 7) is 7.10. The fourth-order valence-electron chi connectivity index (χ4n) is 1.58. The molecule has 0 amide bonds. The summed E-state index contributed by atoms with van der Waals surface area (Å²) < 4.78 is 0. The van der Waals surface area contributed by atoms with Crippen molar-refractivity contribution in [1.29, 1.82) is 0 Å². The van der Waals surface area contributed by atoms with Gasteiger partial charge in [0.25, 0.3) is 0 Å². The van der Waals surface area contributed by atoms with Crippen molar-refractivity contribution >= 4 is 0 Å². The highest BCUT2D eigenvalue weighted by Gasteiger charge is 2.13. The van der Waals surface area contributed by atoms with Crippen molar-refractivity contribution in [3.05, 3.63) is 35.4 Å². The van der Waals surface area contributed by atoms with E-state index in [1.54, 1.807) is 0 Å². The zero-order valence-corrected chi connectivity index (χ0v) is 9.90. The Balaban J connectivity index is 2.79. The fourth-order valence-corrected chi connectivity index (χ4v) is 1.58. The van der Waals surface area contributed by atoms with E-state index in [1.165, 1.54) is 11.1 Å². The lowest BCUT2D eigenvalue weighted by Gasteiger charge is -2.19. The standard InChI is InChI=1S/C13H22N2/c1-9(2)11-4-6-12(7-5-11)13(15)10(3)8-14/h4-7,9-10,13H,8,14-15H2,1-3H3. The van der Waals surface area contributed by atoms with Crippen LogP contribution in [0, 0.1) is 5.92 Å². The number of nitrogens with two attached hydrogens (primary N) is 2. The molecule has 2 nitrogen and oxygen atoms in total. The van der Waals surface area contributed by atoms with E-state index in [9.17, 15) is 0 Å². The van der Waals surface area contributed by atoms with Crippen LogP contribution in [0.3, 0.4) is 0 Å². The minimum Gasteiger partial charge on any atom is -0.330 e. The second kappa shape index (κ2) is 5.29. The monoisotopic (exact) mass is 206 g/mol. The first kappa shape index (κ1) is 12.2. The Hall–Kier alpha value is -0.860. The molecule has 0 aromatic heterocycles. The summed E-state index contributed by atoms with van der Waals surface area (Å²) in [5.74, 6) is 0.900. The Labute approximate surface area is 92.7 Å². The molecular formula is C13H22N2. The Kier molecular flexibility index (Phi) is 4.30. The summed E-state index contributed by atoms with van der Waals surface area (Å²) in [6.07, 6.45) is 0. The van der Waals surface area contributed by atoms with E-state index in [0.717, 1.165) is 0 Å². The minimum absolute atomic E-state index is 0.0520. The van der Waals surface area contributed by atoms with Gasteiger partial charge in [0.15, 0.2) is 0 Å². The molecule has 0 aliphatic rings. The molecule has 0 aliphatic heterocycles. The molecule has 0 saturated carbocycles. The average Bonchev–Trinajstić information content (AvgIpc) is 2.27. The van der Waals surface area contributed by atoms with Crippen molar-refractivity contribution in [3.8, 4) is 0 Å². The molecule has 0 heterocycles. The van der Waals surface area contributed by atoms with Gasteiger partial charge in [-0.25, -0.2) is 0 Å². The number of rotatable bonds is 4. The molecular weight excluding hydrogens is 184 g/mol. The highest BCUT2D eigenvalue weighted by Crippen LogP contribution is 2.21. The zero-order chi connectivity index (χ0) is 11.4. The smallest absolute Gasteiger partial charge is 0.0332 e. The van der Waals surface area contributed by atoms with Crippen molar-refractivity contribution in [2.45, 2.75) is 32.7 Å². The Morgan fingerprint density at radius 2 is 1.47 bits per heavy atom. The van der Waals surface area contributed by atoms with Crippen LogP contribution in [0.4, 0.5) is 0 Å². The van der Waals surface area contributed by atoms with Crippen LogP contribution < -0.4 is 11.5 Å². The van der Waals surface area contributed by atoms with Crippen LogP contribution in [0.15, 0.2) is 24.3 Å². The first-order valence-electron chi connectivity index (χ1n) is 5.61. The molecule has 0 aliphatic carbocycles. The lowest BCUT2D eigenvalue weighted by molar-refractivity contribution is 0.481. The first-order chi connectivity index (χ1) is 7.06. The van der Waals surface area contributed by atoms with Gasteiger partial charge in [0.2, 0.25) is 0 Å². The molecule has 2 heteroatoms. The van der Waals surface area contributed by atoms with Gasteiger partial charge in [-0.2, -0.15) is 0 Å². The van der Waals surface area contributed by atoms with E-state index in [1.807, 2.05) is 0 Å². The molecule has 1 aromatic rings. The minimum atomic E-state index is 0.0520. The van der Waals surface area contributed by atoms with E-state index in [-0.39, 0.29) is 6.04 Å². The third-order valence-corrected chi connectivity index (χ3v) is 2.97. The van der Waals surface area contributed by atoms with E-state index in [0.29, 0.717) is 18.4 Å². The molecule has 0 fully saturated rings. The van der Waals surface area contributed by atoms with E-state index in [4.69, 9.17) is 11.5 Å². The second-order valence-corrected chi connectivity index (χ2v) is 4.56. The predicted molar refractivity (Wildman–Crippen MR) is 65.7 cm³/mol. The molecule has 15 heavy (non-hydrogen) atoms. The zero-order valence-electron chi connectivity index (χ0n) is 9.90. The molecule has 2 unspecified atom stereocenters. The summed E-state index contributed by atoms with van der Waals surface area (Å²) in [4.78, 5) is 0. The van der Waals surface area contributed by atoms with Crippen LogP contribution in [0.1, 0.15) is 43.9 Å². The largest absolute Gasteiger partial charge is 0.330 e. The fraction of sp³-hybridized carbons (Fsp3) is 0.538. The van der Waals surface area contributed by atoms with Crippen LogP contribution in [-0.4, -0.2) is 6.54 Å². The molecule has 84 valence electrons. The molecule has 0 saturated heterocycles. The van der Waals surface area contributed by atoms with Gasteiger partial charge in [0.1, 0.15) is 0 Å². The molecule has 2 atom stereocenters. The lowest BCUT2D eigenvalue weighted by Crippen LogP contribution is -2.25. The van der Waals surface area contributed by atoms with Gasteiger partial charge >= 0.3 is 0 Å². The molecule has 0 radical (unpaired) electrons. The predicted octanol–water partition coefficient (Wildman–Crippen LogP) is 2.40. The molecule has 1 aromatic carbocycles. The number of hydrogen-bond acceptors (Lipinski definition) is 2. The van der Waals surface area contributed by atoms with Gasteiger partial charge in [0, 0.05) is 6.04 Å². The van der Waals surface area contributed by atoms with Gasteiger partial charge in [-0.1, -0.05) is 45.0 Å². The molecule has 1 rings (SSSR count). The average molecular weight is 206 g/mol. The maximum absolute atomic E-state index is 6.10.